The van der Waals surface area contributed by atoms with Crippen LogP contribution in [-0.2, 0) is 11.3 Å². The Morgan fingerprint density at radius 1 is 1.06 bits per heavy atom. The van der Waals surface area contributed by atoms with Crippen molar-refractivity contribution in [3.05, 3.63) is 107 Å². The van der Waals surface area contributed by atoms with E-state index in [2.05, 4.69) is 10.6 Å². The number of aryl methyl sites for hydroxylation is 1. The normalized spacial score (nSPS) is 16.1. The minimum absolute atomic E-state index is 0.0917. The van der Waals surface area contributed by atoms with E-state index in [-0.39, 0.29) is 5.91 Å². The molecule has 5 rings (SSSR count). The number of aromatic nitrogens is 1. The topological polar surface area (TPSA) is 60.0 Å². The maximum atomic E-state index is 13.4. The predicted molar refractivity (Wildman–Crippen MR) is 135 cm³/mol. The SMILES string of the molecule is COc1ccc(-n2cc(/C=C3/SC(=Nc4ccccc4)N(Cc4ccco4)C3=O)cc2C)cc1. The van der Waals surface area contributed by atoms with Gasteiger partial charge in [-0.15, -0.1) is 0 Å². The Kier molecular flexibility index (Phi) is 6.10. The smallest absolute Gasteiger partial charge is 0.267 e. The molecule has 0 bridgehead atoms. The quantitative estimate of drug-likeness (QED) is 0.316. The molecule has 0 saturated carbocycles. The van der Waals surface area contributed by atoms with Crippen LogP contribution in [0.1, 0.15) is 17.0 Å². The molecule has 1 aliphatic heterocycles. The van der Waals surface area contributed by atoms with Crippen LogP contribution in [0.2, 0.25) is 0 Å². The number of amidine groups is 1. The van der Waals surface area contributed by atoms with Crippen LogP contribution in [-0.4, -0.2) is 27.7 Å². The Morgan fingerprint density at radius 3 is 2.56 bits per heavy atom. The maximum absolute atomic E-state index is 13.4. The van der Waals surface area contributed by atoms with Gasteiger partial charge in [0, 0.05) is 17.6 Å². The number of amides is 1. The zero-order valence-electron chi connectivity index (χ0n) is 18.8. The first kappa shape index (κ1) is 21.9. The Bertz CT molecular complexity index is 1350. The number of thioether (sulfide) groups is 1. The molecule has 1 saturated heterocycles. The highest BCUT2D eigenvalue weighted by Crippen LogP contribution is 2.35. The van der Waals surface area contributed by atoms with E-state index in [1.54, 1.807) is 18.3 Å². The first-order chi connectivity index (χ1) is 16.6. The molecule has 0 spiro atoms. The van der Waals surface area contributed by atoms with E-state index >= 15 is 0 Å². The highest BCUT2D eigenvalue weighted by Gasteiger charge is 2.34. The average molecular weight is 470 g/mol. The molecule has 6 nitrogen and oxygen atoms in total. The predicted octanol–water partition coefficient (Wildman–Crippen LogP) is 6.19. The molecule has 1 aliphatic rings. The maximum Gasteiger partial charge on any atom is 0.267 e. The number of methoxy groups -OCH3 is 1. The van der Waals surface area contributed by atoms with Gasteiger partial charge in [-0.2, -0.15) is 0 Å². The third-order valence-electron chi connectivity index (χ3n) is 5.45. The second kappa shape index (κ2) is 9.49. The molecule has 0 aliphatic carbocycles. The molecule has 7 heteroatoms. The summed E-state index contributed by atoms with van der Waals surface area (Å²) in [4.78, 5) is 20.4. The van der Waals surface area contributed by atoms with Gasteiger partial charge in [0.1, 0.15) is 11.5 Å². The van der Waals surface area contributed by atoms with Crippen molar-refractivity contribution in [2.24, 2.45) is 4.99 Å². The van der Waals surface area contributed by atoms with Gasteiger partial charge in [0.05, 0.1) is 30.5 Å². The van der Waals surface area contributed by atoms with Crippen LogP contribution in [0.25, 0.3) is 11.8 Å². The van der Waals surface area contributed by atoms with Gasteiger partial charge in [0.25, 0.3) is 5.91 Å². The second-order valence-corrected chi connectivity index (χ2v) is 8.80. The number of rotatable bonds is 6. The number of benzene rings is 2. The third kappa shape index (κ3) is 4.56. The lowest BCUT2D eigenvalue weighted by Crippen LogP contribution is -2.28. The summed E-state index contributed by atoms with van der Waals surface area (Å²) in [7, 11) is 1.65. The molecular weight excluding hydrogens is 446 g/mol. The molecule has 0 N–H and O–H groups in total. The van der Waals surface area contributed by atoms with Crippen LogP contribution in [0.4, 0.5) is 5.69 Å². The van der Waals surface area contributed by atoms with Gasteiger partial charge in [-0.05, 0) is 84.9 Å². The molecule has 0 atom stereocenters. The van der Waals surface area contributed by atoms with Crippen molar-refractivity contribution in [3.8, 4) is 11.4 Å². The van der Waals surface area contributed by atoms with Crippen molar-refractivity contribution in [2.75, 3.05) is 7.11 Å². The van der Waals surface area contributed by atoms with Crippen molar-refractivity contribution < 1.29 is 13.9 Å². The molecule has 2 aromatic carbocycles. The van der Waals surface area contributed by atoms with Gasteiger partial charge in [-0.1, -0.05) is 18.2 Å². The van der Waals surface area contributed by atoms with E-state index in [9.17, 15) is 4.79 Å². The first-order valence-electron chi connectivity index (χ1n) is 10.8. The lowest BCUT2D eigenvalue weighted by molar-refractivity contribution is -0.122. The Labute approximate surface area is 202 Å². The number of aliphatic imine (C=N–C) groups is 1. The summed E-state index contributed by atoms with van der Waals surface area (Å²) in [6.07, 6.45) is 5.56. The molecule has 3 heterocycles. The van der Waals surface area contributed by atoms with Gasteiger partial charge >= 0.3 is 0 Å². The van der Waals surface area contributed by atoms with Crippen LogP contribution in [0, 0.1) is 6.92 Å². The fourth-order valence-corrected chi connectivity index (χ4v) is 4.75. The number of carbonyl (C=O) groups is 1. The number of carbonyl (C=O) groups excluding carboxylic acids is 1. The summed E-state index contributed by atoms with van der Waals surface area (Å²) in [5.41, 5.74) is 3.84. The number of ether oxygens (including phenoxy) is 1. The van der Waals surface area contributed by atoms with E-state index in [4.69, 9.17) is 14.1 Å². The van der Waals surface area contributed by atoms with Crippen LogP contribution in [0.5, 0.6) is 5.75 Å². The van der Waals surface area contributed by atoms with Crippen molar-refractivity contribution in [3.63, 3.8) is 0 Å². The van der Waals surface area contributed by atoms with Crippen molar-refractivity contribution in [1.82, 2.24) is 9.47 Å². The van der Waals surface area contributed by atoms with Crippen molar-refractivity contribution in [1.29, 1.82) is 0 Å². The Balaban J connectivity index is 1.46. The summed E-state index contributed by atoms with van der Waals surface area (Å²) in [6, 6.07) is 23.3. The number of furan rings is 1. The molecule has 170 valence electrons. The largest absolute Gasteiger partial charge is 0.497 e. The number of hydrogen-bond donors (Lipinski definition) is 0. The summed E-state index contributed by atoms with van der Waals surface area (Å²) in [5.74, 6) is 1.43. The zero-order valence-corrected chi connectivity index (χ0v) is 19.7. The van der Waals surface area contributed by atoms with Gasteiger partial charge in [0.15, 0.2) is 5.17 Å². The number of nitrogens with zero attached hydrogens (tertiary/aromatic N) is 3. The molecule has 1 amide bonds. The highest BCUT2D eigenvalue weighted by molar-refractivity contribution is 8.18. The third-order valence-corrected chi connectivity index (χ3v) is 6.45. The van der Waals surface area contributed by atoms with Crippen LogP contribution in [0.15, 0.2) is 99.6 Å². The van der Waals surface area contributed by atoms with Crippen LogP contribution in [0.3, 0.4) is 0 Å². The lowest BCUT2D eigenvalue weighted by Gasteiger charge is -2.13. The van der Waals surface area contributed by atoms with Crippen LogP contribution >= 0.6 is 11.8 Å². The van der Waals surface area contributed by atoms with E-state index in [1.165, 1.54) is 11.8 Å². The molecule has 0 radical (unpaired) electrons. The Hall–Kier alpha value is -3.97. The first-order valence-corrected chi connectivity index (χ1v) is 11.6. The molecule has 4 aromatic rings. The average Bonchev–Trinajstić information content (AvgIpc) is 3.57. The van der Waals surface area contributed by atoms with Gasteiger partial charge < -0.3 is 13.7 Å². The van der Waals surface area contributed by atoms with Crippen LogP contribution < -0.4 is 4.74 Å². The van der Waals surface area contributed by atoms with E-state index in [0.29, 0.717) is 22.4 Å². The summed E-state index contributed by atoms with van der Waals surface area (Å²) >= 11 is 1.37. The van der Waals surface area contributed by atoms with Crippen molar-refractivity contribution in [2.45, 2.75) is 13.5 Å². The minimum atomic E-state index is -0.0917. The molecule has 0 unspecified atom stereocenters. The Morgan fingerprint density at radius 2 is 1.85 bits per heavy atom. The van der Waals surface area contributed by atoms with Crippen molar-refractivity contribution >= 4 is 34.6 Å². The van der Waals surface area contributed by atoms with Gasteiger partial charge in [-0.3, -0.25) is 9.69 Å². The van der Waals surface area contributed by atoms with E-state index in [1.807, 2.05) is 85.9 Å². The highest BCUT2D eigenvalue weighted by atomic mass is 32.2. The summed E-state index contributed by atoms with van der Waals surface area (Å²) < 4.78 is 12.8. The minimum Gasteiger partial charge on any atom is -0.497 e. The second-order valence-electron chi connectivity index (χ2n) is 7.79. The number of hydrogen-bond acceptors (Lipinski definition) is 5. The molecular formula is C27H23N3O3S. The van der Waals surface area contributed by atoms with Gasteiger partial charge in [0.2, 0.25) is 0 Å². The summed E-state index contributed by atoms with van der Waals surface area (Å²) in [6.45, 7) is 2.37. The summed E-state index contributed by atoms with van der Waals surface area (Å²) in [5, 5.41) is 0.630. The van der Waals surface area contributed by atoms with E-state index in [0.717, 1.165) is 28.4 Å². The van der Waals surface area contributed by atoms with Gasteiger partial charge in [-0.25, -0.2) is 4.99 Å². The fraction of sp³-hybridized carbons (Fsp3) is 0.111. The lowest BCUT2D eigenvalue weighted by atomic mass is 10.2. The molecule has 2 aromatic heterocycles. The number of para-hydroxylation sites is 1. The zero-order chi connectivity index (χ0) is 23.5. The standard InChI is InChI=1S/C27H23N3O3S/c1-19-15-20(17-29(19)22-10-12-23(32-2)13-11-22)16-25-26(31)30(18-24-9-6-14-33-24)27(34-25)28-21-7-4-3-5-8-21/h3-17H,18H2,1-2H3/b25-16+,28-27?. The monoisotopic (exact) mass is 469 g/mol. The van der Waals surface area contributed by atoms with E-state index < -0.39 is 0 Å². The fourth-order valence-electron chi connectivity index (χ4n) is 3.75. The molecule has 34 heavy (non-hydrogen) atoms. The molecule has 1 fully saturated rings.